The molecule has 0 saturated carbocycles. The van der Waals surface area contributed by atoms with Crippen molar-refractivity contribution in [3.05, 3.63) is 29.8 Å². The van der Waals surface area contributed by atoms with Gasteiger partial charge in [0.2, 0.25) is 5.91 Å². The summed E-state index contributed by atoms with van der Waals surface area (Å²) in [5.74, 6) is -2.38. The van der Waals surface area contributed by atoms with E-state index in [1.165, 1.54) is 0 Å². The predicted molar refractivity (Wildman–Crippen MR) is 108 cm³/mol. The number of benzene rings is 1. The number of carbonyl (C=O) groups excluding carboxylic acids is 2. The van der Waals surface area contributed by atoms with Crippen LogP contribution in [0.25, 0.3) is 0 Å². The fraction of sp³-hybridized carbons (Fsp3) is 0.619. The minimum absolute atomic E-state index is 0.0972. The molecule has 1 aromatic carbocycles. The highest BCUT2D eigenvalue weighted by molar-refractivity contribution is 7.83. The molecule has 1 amide bonds. The van der Waals surface area contributed by atoms with Gasteiger partial charge in [0.15, 0.2) is 11.0 Å². The van der Waals surface area contributed by atoms with Crippen LogP contribution in [0.2, 0.25) is 0 Å². The van der Waals surface area contributed by atoms with E-state index in [0.29, 0.717) is 11.3 Å². The summed E-state index contributed by atoms with van der Waals surface area (Å²) < 4.78 is 20.6. The average Bonchev–Trinajstić information content (AvgIpc) is 2.52. The van der Waals surface area contributed by atoms with Crippen LogP contribution in [0, 0.1) is 11.8 Å². The van der Waals surface area contributed by atoms with Crippen molar-refractivity contribution in [2.75, 3.05) is 0 Å². The van der Waals surface area contributed by atoms with Gasteiger partial charge < -0.3 is 4.74 Å². The molecule has 27 heavy (non-hydrogen) atoms. The highest BCUT2D eigenvalue weighted by atomic mass is 32.2. The molecule has 6 heteroatoms. The number of ether oxygens (including phenoxy) is 1. The fourth-order valence-electron chi connectivity index (χ4n) is 2.49. The van der Waals surface area contributed by atoms with Gasteiger partial charge in [-0.2, -0.15) is 0 Å². The van der Waals surface area contributed by atoms with E-state index in [1.54, 1.807) is 26.8 Å². The minimum Gasteiger partial charge on any atom is -0.459 e. The third-order valence-electron chi connectivity index (χ3n) is 4.26. The zero-order chi connectivity index (χ0) is 21.0. The van der Waals surface area contributed by atoms with Crippen molar-refractivity contribution in [2.24, 2.45) is 11.8 Å². The number of carbonyl (C=O) groups is 2. The molecule has 1 unspecified atom stereocenters. The normalized spacial score (nSPS) is 15.6. The van der Waals surface area contributed by atoms with Gasteiger partial charge in [0.25, 0.3) is 0 Å². The maximum atomic E-state index is 12.7. The maximum Gasteiger partial charge on any atom is 0.319 e. The molecule has 0 radical (unpaired) electrons. The standard InChI is InChI=1S/C21H33NO4S/c1-9-14(2)17(19(24)26-21(6,7)8)18(23)22-27(25)16-12-10-11-15(13-16)20(3,4)5/h10-14,17H,9H2,1-8H3,(H,22,23)/t14-,17-,27?/m0/s1. The molecular formula is C21H33NO4S. The van der Waals surface area contributed by atoms with Gasteiger partial charge >= 0.3 is 5.97 Å². The number of rotatable bonds is 6. The summed E-state index contributed by atoms with van der Waals surface area (Å²) in [7, 11) is -1.74. The van der Waals surface area contributed by atoms with Gasteiger partial charge in [0, 0.05) is 0 Å². The Kier molecular flexibility index (Phi) is 7.78. The van der Waals surface area contributed by atoms with E-state index in [9.17, 15) is 13.8 Å². The molecular weight excluding hydrogens is 362 g/mol. The van der Waals surface area contributed by atoms with E-state index < -0.39 is 34.4 Å². The van der Waals surface area contributed by atoms with E-state index in [0.717, 1.165) is 5.56 Å². The van der Waals surface area contributed by atoms with E-state index in [-0.39, 0.29) is 11.3 Å². The molecule has 0 spiro atoms. The van der Waals surface area contributed by atoms with Crippen molar-refractivity contribution < 1.29 is 18.5 Å². The highest BCUT2D eigenvalue weighted by Gasteiger charge is 2.36. The molecule has 0 aliphatic heterocycles. The number of amides is 1. The maximum absolute atomic E-state index is 12.7. The van der Waals surface area contributed by atoms with Crippen LogP contribution in [-0.4, -0.2) is 21.7 Å². The first-order chi connectivity index (χ1) is 12.3. The lowest BCUT2D eigenvalue weighted by Gasteiger charge is -2.26. The summed E-state index contributed by atoms with van der Waals surface area (Å²) in [5, 5.41) is 0. The lowest BCUT2D eigenvalue weighted by Crippen LogP contribution is -2.42. The van der Waals surface area contributed by atoms with E-state index in [2.05, 4.69) is 25.5 Å². The Hall–Kier alpha value is -1.69. The van der Waals surface area contributed by atoms with Crippen LogP contribution < -0.4 is 4.72 Å². The molecule has 1 rings (SSSR count). The van der Waals surface area contributed by atoms with Crippen molar-refractivity contribution in [1.29, 1.82) is 0 Å². The fourth-order valence-corrected chi connectivity index (χ4v) is 3.35. The molecule has 0 heterocycles. The Morgan fingerprint density at radius 3 is 2.22 bits per heavy atom. The zero-order valence-electron chi connectivity index (χ0n) is 17.7. The van der Waals surface area contributed by atoms with Gasteiger partial charge in [-0.25, -0.2) is 4.21 Å². The predicted octanol–water partition coefficient (Wildman–Crippen LogP) is 4.13. The lowest BCUT2D eigenvalue weighted by atomic mass is 9.87. The van der Waals surface area contributed by atoms with Crippen molar-refractivity contribution in [1.82, 2.24) is 4.72 Å². The molecule has 0 saturated heterocycles. The molecule has 1 aromatic rings. The molecule has 0 aliphatic rings. The largest absolute Gasteiger partial charge is 0.459 e. The highest BCUT2D eigenvalue weighted by Crippen LogP contribution is 2.24. The first-order valence-electron chi connectivity index (χ1n) is 9.32. The summed E-state index contributed by atoms with van der Waals surface area (Å²) >= 11 is 0. The Balaban J connectivity index is 3.01. The molecule has 1 N–H and O–H groups in total. The molecule has 0 fully saturated rings. The summed E-state index contributed by atoms with van der Waals surface area (Å²) in [6.07, 6.45) is 0.628. The van der Waals surface area contributed by atoms with Gasteiger partial charge in [-0.15, -0.1) is 0 Å². The average molecular weight is 396 g/mol. The first-order valence-corrected chi connectivity index (χ1v) is 10.5. The van der Waals surface area contributed by atoms with E-state index in [4.69, 9.17) is 4.74 Å². The van der Waals surface area contributed by atoms with Gasteiger partial charge in [-0.3, -0.25) is 14.3 Å². The SMILES string of the molecule is CC[C@H](C)[C@@H](C(=O)NS(=O)c1cccc(C(C)(C)C)c1)C(=O)OC(C)(C)C. The van der Waals surface area contributed by atoms with Crippen LogP contribution in [0.4, 0.5) is 0 Å². The zero-order valence-corrected chi connectivity index (χ0v) is 18.5. The van der Waals surface area contributed by atoms with Crippen LogP contribution in [0.3, 0.4) is 0 Å². The number of esters is 1. The van der Waals surface area contributed by atoms with Gasteiger partial charge in [0.05, 0.1) is 4.90 Å². The van der Waals surface area contributed by atoms with Crippen molar-refractivity contribution in [2.45, 2.75) is 77.7 Å². The third kappa shape index (κ3) is 7.09. The smallest absolute Gasteiger partial charge is 0.319 e. The third-order valence-corrected chi connectivity index (χ3v) is 5.33. The van der Waals surface area contributed by atoms with Crippen LogP contribution in [0.15, 0.2) is 29.2 Å². The van der Waals surface area contributed by atoms with Gasteiger partial charge in [-0.05, 0) is 49.8 Å². The molecule has 152 valence electrons. The Bertz CT molecular complexity index is 701. The molecule has 0 bridgehead atoms. The van der Waals surface area contributed by atoms with Gasteiger partial charge in [-0.1, -0.05) is 53.2 Å². The molecule has 3 atom stereocenters. The quantitative estimate of drug-likeness (QED) is 0.581. The summed E-state index contributed by atoms with van der Waals surface area (Å²) in [6.45, 7) is 15.2. The van der Waals surface area contributed by atoms with Crippen molar-refractivity contribution in [3.63, 3.8) is 0 Å². The minimum atomic E-state index is -1.74. The second-order valence-corrected chi connectivity index (χ2v) is 10.1. The van der Waals surface area contributed by atoms with Crippen LogP contribution in [0.5, 0.6) is 0 Å². The number of hydrogen-bond acceptors (Lipinski definition) is 4. The molecule has 0 aromatic heterocycles. The number of hydrogen-bond donors (Lipinski definition) is 1. The van der Waals surface area contributed by atoms with Gasteiger partial charge in [0.1, 0.15) is 11.5 Å². The molecule has 0 aliphatic carbocycles. The van der Waals surface area contributed by atoms with Crippen molar-refractivity contribution in [3.8, 4) is 0 Å². The Morgan fingerprint density at radius 1 is 1.15 bits per heavy atom. The summed E-state index contributed by atoms with van der Waals surface area (Å²) in [6, 6.07) is 7.31. The van der Waals surface area contributed by atoms with E-state index >= 15 is 0 Å². The summed E-state index contributed by atoms with van der Waals surface area (Å²) in [4.78, 5) is 25.8. The molecule has 5 nitrogen and oxygen atoms in total. The van der Waals surface area contributed by atoms with Crippen molar-refractivity contribution >= 4 is 22.9 Å². The van der Waals surface area contributed by atoms with Crippen LogP contribution >= 0.6 is 0 Å². The summed E-state index contributed by atoms with van der Waals surface area (Å²) in [5.41, 5.74) is 0.233. The van der Waals surface area contributed by atoms with Crippen LogP contribution in [0.1, 0.15) is 67.4 Å². The second kappa shape index (κ2) is 9.00. The lowest BCUT2D eigenvalue weighted by molar-refractivity contribution is -0.164. The number of nitrogens with one attached hydrogen (secondary N) is 1. The van der Waals surface area contributed by atoms with E-state index in [1.807, 2.05) is 32.0 Å². The second-order valence-electron chi connectivity index (χ2n) is 8.91. The Labute approximate surface area is 165 Å². The first kappa shape index (κ1) is 23.3. The Morgan fingerprint density at radius 2 is 1.74 bits per heavy atom. The topological polar surface area (TPSA) is 72.5 Å². The monoisotopic (exact) mass is 395 g/mol. The van der Waals surface area contributed by atoms with Crippen LogP contribution in [-0.2, 0) is 30.7 Å².